The van der Waals surface area contributed by atoms with E-state index in [1.165, 1.54) is 14.2 Å². The van der Waals surface area contributed by atoms with E-state index >= 15 is 0 Å². The third kappa shape index (κ3) is 4.75. The number of carbonyl (C=O) groups excluding carboxylic acids is 1. The number of rotatable bonds is 7. The van der Waals surface area contributed by atoms with E-state index in [0.29, 0.717) is 22.6 Å². The van der Waals surface area contributed by atoms with Crippen LogP contribution in [0.15, 0.2) is 36.4 Å². The molecule has 0 aromatic heterocycles. The van der Waals surface area contributed by atoms with Crippen molar-refractivity contribution in [1.29, 1.82) is 0 Å². The molecule has 6 nitrogen and oxygen atoms in total. The molecule has 2 aromatic carbocycles. The Morgan fingerprint density at radius 1 is 1.04 bits per heavy atom. The number of ether oxygens (including phenoxy) is 2. The van der Waals surface area contributed by atoms with Gasteiger partial charge in [-0.15, -0.1) is 0 Å². The topological polar surface area (TPSA) is 84.9 Å². The number of carboxylic acids is 1. The first-order chi connectivity index (χ1) is 12.3. The minimum absolute atomic E-state index is 0.265. The Bertz CT molecular complexity index is 796. The summed E-state index contributed by atoms with van der Waals surface area (Å²) in [5.41, 5.74) is 3.00. The number of methoxy groups -OCH3 is 2. The van der Waals surface area contributed by atoms with Gasteiger partial charge in [0, 0.05) is 17.2 Å². The molecule has 138 valence electrons. The monoisotopic (exact) mass is 357 g/mol. The molecule has 1 amide bonds. The second-order valence-electron chi connectivity index (χ2n) is 6.11. The summed E-state index contributed by atoms with van der Waals surface area (Å²) in [6, 6.07) is 9.84. The molecule has 1 atom stereocenters. The van der Waals surface area contributed by atoms with Crippen LogP contribution >= 0.6 is 0 Å². The van der Waals surface area contributed by atoms with Gasteiger partial charge in [-0.1, -0.05) is 17.2 Å². The number of amides is 1. The summed E-state index contributed by atoms with van der Waals surface area (Å²) in [7, 11) is 3.02. The molecular weight excluding hydrogens is 334 g/mol. The van der Waals surface area contributed by atoms with Crippen LogP contribution in [0, 0.1) is 13.8 Å². The number of aryl methyl sites for hydroxylation is 2. The van der Waals surface area contributed by atoms with E-state index in [9.17, 15) is 14.7 Å². The van der Waals surface area contributed by atoms with Gasteiger partial charge >= 0.3 is 5.97 Å². The second-order valence-corrected chi connectivity index (χ2v) is 6.11. The number of benzene rings is 2. The molecule has 2 N–H and O–H groups in total. The Balaban J connectivity index is 2.36. The fourth-order valence-corrected chi connectivity index (χ4v) is 2.87. The predicted octanol–water partition coefficient (Wildman–Crippen LogP) is 3.27. The van der Waals surface area contributed by atoms with Crippen LogP contribution in [0.25, 0.3) is 0 Å². The van der Waals surface area contributed by atoms with Gasteiger partial charge in [-0.2, -0.15) is 0 Å². The zero-order chi connectivity index (χ0) is 19.3. The number of nitrogens with one attached hydrogen (secondary N) is 1. The van der Waals surface area contributed by atoms with Crippen molar-refractivity contribution in [3.63, 3.8) is 0 Å². The molecule has 0 aliphatic heterocycles. The first kappa shape index (κ1) is 19.3. The highest BCUT2D eigenvalue weighted by Crippen LogP contribution is 2.31. The van der Waals surface area contributed by atoms with Gasteiger partial charge in [-0.05, 0) is 38.1 Å². The quantitative estimate of drug-likeness (QED) is 0.794. The lowest BCUT2D eigenvalue weighted by Gasteiger charge is -2.21. The Hall–Kier alpha value is -3.02. The molecule has 0 spiro atoms. The van der Waals surface area contributed by atoms with E-state index in [4.69, 9.17) is 9.47 Å². The molecule has 0 saturated carbocycles. The van der Waals surface area contributed by atoms with Crippen LogP contribution < -0.4 is 14.8 Å². The van der Waals surface area contributed by atoms with Crippen molar-refractivity contribution in [2.24, 2.45) is 0 Å². The average Bonchev–Trinajstić information content (AvgIpc) is 2.59. The van der Waals surface area contributed by atoms with Crippen LogP contribution in [0.3, 0.4) is 0 Å². The van der Waals surface area contributed by atoms with E-state index in [0.717, 1.165) is 11.1 Å². The SMILES string of the molecule is COc1ccc(C(CC(=O)O)NC(=O)c2cc(C)cc(C)c2)c(OC)c1. The Labute approximate surface area is 152 Å². The number of aliphatic carboxylic acids is 1. The minimum Gasteiger partial charge on any atom is -0.497 e. The summed E-state index contributed by atoms with van der Waals surface area (Å²) in [5.74, 6) is -0.314. The first-order valence-electron chi connectivity index (χ1n) is 8.17. The molecule has 0 bridgehead atoms. The van der Waals surface area contributed by atoms with Crippen molar-refractivity contribution in [3.8, 4) is 11.5 Å². The smallest absolute Gasteiger partial charge is 0.305 e. The molecular formula is C20H23NO5. The van der Waals surface area contributed by atoms with Gasteiger partial charge < -0.3 is 19.9 Å². The number of carbonyl (C=O) groups is 2. The highest BCUT2D eigenvalue weighted by atomic mass is 16.5. The maximum absolute atomic E-state index is 12.7. The van der Waals surface area contributed by atoms with Crippen molar-refractivity contribution in [2.45, 2.75) is 26.3 Å². The summed E-state index contributed by atoms with van der Waals surface area (Å²) < 4.78 is 10.5. The van der Waals surface area contributed by atoms with Crippen LogP contribution in [0.1, 0.15) is 39.5 Å². The minimum atomic E-state index is -1.02. The zero-order valence-electron chi connectivity index (χ0n) is 15.3. The van der Waals surface area contributed by atoms with Gasteiger partial charge in [0.2, 0.25) is 0 Å². The molecule has 0 saturated heterocycles. The number of carboxylic acid groups (broad SMARTS) is 1. The molecule has 0 fully saturated rings. The van der Waals surface area contributed by atoms with E-state index in [1.54, 1.807) is 30.3 Å². The molecule has 0 aliphatic carbocycles. The van der Waals surface area contributed by atoms with Crippen molar-refractivity contribution in [3.05, 3.63) is 58.7 Å². The van der Waals surface area contributed by atoms with Crippen molar-refractivity contribution >= 4 is 11.9 Å². The van der Waals surface area contributed by atoms with Crippen LogP contribution in [-0.2, 0) is 4.79 Å². The predicted molar refractivity (Wildman–Crippen MR) is 97.9 cm³/mol. The van der Waals surface area contributed by atoms with Gasteiger partial charge in [0.15, 0.2) is 0 Å². The van der Waals surface area contributed by atoms with Crippen molar-refractivity contribution in [2.75, 3.05) is 14.2 Å². The van der Waals surface area contributed by atoms with Crippen LogP contribution in [-0.4, -0.2) is 31.2 Å². The lowest BCUT2D eigenvalue weighted by Crippen LogP contribution is -2.30. The molecule has 0 radical (unpaired) electrons. The van der Waals surface area contributed by atoms with E-state index in [-0.39, 0.29) is 12.3 Å². The highest BCUT2D eigenvalue weighted by molar-refractivity contribution is 5.95. The molecule has 2 aromatic rings. The van der Waals surface area contributed by atoms with Gasteiger partial charge in [-0.25, -0.2) is 0 Å². The molecule has 6 heteroatoms. The normalized spacial score (nSPS) is 11.5. The molecule has 0 heterocycles. The maximum atomic E-state index is 12.7. The lowest BCUT2D eigenvalue weighted by atomic mass is 10.0. The average molecular weight is 357 g/mol. The molecule has 26 heavy (non-hydrogen) atoms. The van der Waals surface area contributed by atoms with Crippen LogP contribution in [0.4, 0.5) is 0 Å². The number of hydrogen-bond donors (Lipinski definition) is 2. The van der Waals surface area contributed by atoms with Crippen LogP contribution in [0.2, 0.25) is 0 Å². The van der Waals surface area contributed by atoms with E-state index in [1.807, 2.05) is 19.9 Å². The van der Waals surface area contributed by atoms with Crippen molar-refractivity contribution < 1.29 is 24.2 Å². The summed E-state index contributed by atoms with van der Waals surface area (Å²) in [5, 5.41) is 12.1. The summed E-state index contributed by atoms with van der Waals surface area (Å²) in [6.45, 7) is 3.82. The summed E-state index contributed by atoms with van der Waals surface area (Å²) in [6.07, 6.45) is -0.265. The van der Waals surface area contributed by atoms with Gasteiger partial charge in [-0.3, -0.25) is 9.59 Å². The molecule has 2 rings (SSSR count). The third-order valence-corrected chi connectivity index (χ3v) is 3.98. The van der Waals surface area contributed by atoms with Crippen molar-refractivity contribution in [1.82, 2.24) is 5.32 Å². The molecule has 1 unspecified atom stereocenters. The fourth-order valence-electron chi connectivity index (χ4n) is 2.87. The van der Waals surface area contributed by atoms with E-state index < -0.39 is 12.0 Å². The highest BCUT2D eigenvalue weighted by Gasteiger charge is 2.23. The van der Waals surface area contributed by atoms with Crippen LogP contribution in [0.5, 0.6) is 11.5 Å². The lowest BCUT2D eigenvalue weighted by molar-refractivity contribution is -0.137. The summed E-state index contributed by atoms with van der Waals surface area (Å²) >= 11 is 0. The number of hydrogen-bond acceptors (Lipinski definition) is 4. The zero-order valence-corrected chi connectivity index (χ0v) is 15.3. The van der Waals surface area contributed by atoms with Gasteiger partial charge in [0.25, 0.3) is 5.91 Å². The first-order valence-corrected chi connectivity index (χ1v) is 8.17. The van der Waals surface area contributed by atoms with E-state index in [2.05, 4.69) is 5.32 Å². The maximum Gasteiger partial charge on any atom is 0.305 e. The third-order valence-electron chi connectivity index (χ3n) is 3.98. The summed E-state index contributed by atoms with van der Waals surface area (Å²) in [4.78, 5) is 24.0. The second kappa shape index (κ2) is 8.38. The Morgan fingerprint density at radius 2 is 1.69 bits per heavy atom. The Morgan fingerprint density at radius 3 is 2.23 bits per heavy atom. The molecule has 0 aliphatic rings. The van der Waals surface area contributed by atoms with Gasteiger partial charge in [0.1, 0.15) is 11.5 Å². The fraction of sp³-hybridized carbons (Fsp3) is 0.300. The largest absolute Gasteiger partial charge is 0.497 e. The standard InChI is InChI=1S/C20H23NO5/c1-12-7-13(2)9-14(8-12)20(24)21-17(11-19(22)23)16-6-5-15(25-3)10-18(16)26-4/h5-10,17H,11H2,1-4H3,(H,21,24)(H,22,23). The Kier molecular flexibility index (Phi) is 6.22. The van der Waals surface area contributed by atoms with Gasteiger partial charge in [0.05, 0.1) is 26.7 Å².